The number of thiophene rings is 1. The van der Waals surface area contributed by atoms with Crippen LogP contribution < -0.4 is 5.32 Å². The largest absolute Gasteiger partial charge is 0.467 e. The van der Waals surface area contributed by atoms with Crippen molar-refractivity contribution < 1.29 is 14.3 Å². The van der Waals surface area contributed by atoms with Gasteiger partial charge < -0.3 is 10.1 Å². The number of rotatable bonds is 5. The molecule has 0 radical (unpaired) electrons. The Labute approximate surface area is 164 Å². The smallest absolute Gasteiger partial charge is 0.328 e. The number of methoxy groups -OCH3 is 1. The molecule has 134 valence electrons. The Bertz CT molecular complexity index is 953. The summed E-state index contributed by atoms with van der Waals surface area (Å²) < 4.78 is 5.92. The minimum absolute atomic E-state index is 0.312. The van der Waals surface area contributed by atoms with Crippen LogP contribution in [-0.4, -0.2) is 25.0 Å². The van der Waals surface area contributed by atoms with Crippen molar-refractivity contribution in [1.29, 1.82) is 0 Å². The van der Waals surface area contributed by atoms with Crippen LogP contribution in [0.5, 0.6) is 0 Å². The number of halogens is 2. The van der Waals surface area contributed by atoms with Crippen molar-refractivity contribution in [3.05, 3.63) is 69.0 Å². The molecule has 7 heteroatoms. The lowest BCUT2D eigenvalue weighted by Crippen LogP contribution is -2.43. The van der Waals surface area contributed by atoms with E-state index in [0.29, 0.717) is 22.0 Å². The van der Waals surface area contributed by atoms with Crippen molar-refractivity contribution in [1.82, 2.24) is 5.32 Å². The molecule has 0 aliphatic carbocycles. The van der Waals surface area contributed by atoms with Crippen LogP contribution in [-0.2, 0) is 16.0 Å². The predicted octanol–water partition coefficient (Wildman–Crippen LogP) is 4.72. The van der Waals surface area contributed by atoms with Crippen LogP contribution in [0.4, 0.5) is 0 Å². The lowest BCUT2D eigenvalue weighted by molar-refractivity contribution is -0.142. The third-order valence-electron chi connectivity index (χ3n) is 3.94. The van der Waals surface area contributed by atoms with Crippen molar-refractivity contribution in [3.63, 3.8) is 0 Å². The number of carbonyl (C=O) groups is 2. The Balaban J connectivity index is 1.83. The average molecular weight is 408 g/mol. The number of carbonyl (C=O) groups excluding carboxylic acids is 2. The Morgan fingerprint density at radius 1 is 1.12 bits per heavy atom. The summed E-state index contributed by atoms with van der Waals surface area (Å²) in [6, 6.07) is 11.3. The highest BCUT2D eigenvalue weighted by atomic mass is 35.5. The Kier molecular flexibility index (Phi) is 5.81. The van der Waals surface area contributed by atoms with Gasteiger partial charge in [-0.05, 0) is 58.8 Å². The first-order valence-electron chi connectivity index (χ1n) is 7.78. The average Bonchev–Trinajstić information content (AvgIpc) is 3.03. The maximum atomic E-state index is 12.5. The van der Waals surface area contributed by atoms with E-state index in [4.69, 9.17) is 27.9 Å². The zero-order valence-electron chi connectivity index (χ0n) is 13.8. The predicted molar refractivity (Wildman–Crippen MR) is 105 cm³/mol. The Hall–Kier alpha value is -2.08. The van der Waals surface area contributed by atoms with E-state index >= 15 is 0 Å². The van der Waals surface area contributed by atoms with Crippen LogP contribution in [0.15, 0.2) is 47.8 Å². The molecule has 0 bridgehead atoms. The first-order chi connectivity index (χ1) is 12.5. The molecule has 1 heterocycles. The molecule has 4 nitrogen and oxygen atoms in total. The first-order valence-corrected chi connectivity index (χ1v) is 9.41. The second-order valence-electron chi connectivity index (χ2n) is 5.66. The van der Waals surface area contributed by atoms with Crippen molar-refractivity contribution >= 4 is 56.5 Å². The van der Waals surface area contributed by atoms with Crippen molar-refractivity contribution in [2.75, 3.05) is 7.11 Å². The highest BCUT2D eigenvalue weighted by molar-refractivity contribution is 7.17. The van der Waals surface area contributed by atoms with E-state index in [2.05, 4.69) is 5.32 Å². The normalized spacial score (nSPS) is 12.0. The lowest BCUT2D eigenvalue weighted by Gasteiger charge is -2.16. The van der Waals surface area contributed by atoms with Gasteiger partial charge in [-0.1, -0.05) is 23.2 Å². The van der Waals surface area contributed by atoms with E-state index in [1.165, 1.54) is 7.11 Å². The minimum Gasteiger partial charge on any atom is -0.467 e. The summed E-state index contributed by atoms with van der Waals surface area (Å²) in [6.45, 7) is 0. The SMILES string of the molecule is COC(=O)[C@@H](Cc1csc2ccc(Cl)cc12)NC(=O)c1ccc(Cl)cc1. The topological polar surface area (TPSA) is 55.4 Å². The van der Waals surface area contributed by atoms with E-state index in [1.807, 2.05) is 23.6 Å². The fraction of sp³-hybridized carbons (Fsp3) is 0.158. The third kappa shape index (κ3) is 4.18. The summed E-state index contributed by atoms with van der Waals surface area (Å²) in [5, 5.41) is 6.83. The maximum absolute atomic E-state index is 12.5. The van der Waals surface area contributed by atoms with Gasteiger partial charge in [0.05, 0.1) is 7.11 Å². The van der Waals surface area contributed by atoms with E-state index in [0.717, 1.165) is 15.6 Å². The molecule has 3 aromatic rings. The van der Waals surface area contributed by atoms with Gasteiger partial charge in [0.25, 0.3) is 5.91 Å². The number of fused-ring (bicyclic) bond motifs is 1. The standard InChI is InChI=1S/C19H15Cl2NO3S/c1-25-19(24)16(22-18(23)11-2-4-13(20)5-3-11)8-12-10-26-17-7-6-14(21)9-15(12)17/h2-7,9-10,16H,8H2,1H3,(H,22,23)/t16-/m1/s1. The molecule has 0 fully saturated rings. The lowest BCUT2D eigenvalue weighted by atomic mass is 10.0. The summed E-state index contributed by atoms with van der Waals surface area (Å²) in [6.07, 6.45) is 0.312. The highest BCUT2D eigenvalue weighted by Gasteiger charge is 2.24. The molecular formula is C19H15Cl2NO3S. The number of benzene rings is 2. The molecule has 26 heavy (non-hydrogen) atoms. The second-order valence-corrected chi connectivity index (χ2v) is 7.45. The molecule has 1 atom stereocenters. The molecule has 2 aromatic carbocycles. The van der Waals surface area contributed by atoms with Crippen LogP contribution in [0.3, 0.4) is 0 Å². The number of esters is 1. The molecule has 0 aliphatic rings. The molecule has 1 N–H and O–H groups in total. The van der Waals surface area contributed by atoms with Gasteiger partial charge in [-0.3, -0.25) is 4.79 Å². The van der Waals surface area contributed by atoms with E-state index in [1.54, 1.807) is 35.6 Å². The van der Waals surface area contributed by atoms with Crippen molar-refractivity contribution in [2.24, 2.45) is 0 Å². The van der Waals surface area contributed by atoms with Crippen LogP contribution >= 0.6 is 34.5 Å². The third-order valence-corrected chi connectivity index (χ3v) is 5.44. The summed E-state index contributed by atoms with van der Waals surface area (Å²) in [7, 11) is 1.30. The first kappa shape index (κ1) is 18.7. The Morgan fingerprint density at radius 3 is 2.50 bits per heavy atom. The van der Waals surface area contributed by atoms with E-state index < -0.39 is 12.0 Å². The molecular weight excluding hydrogens is 393 g/mol. The van der Waals surface area contributed by atoms with Gasteiger partial charge in [0, 0.05) is 26.7 Å². The summed E-state index contributed by atoms with van der Waals surface area (Å²) in [5.41, 5.74) is 1.35. The van der Waals surface area contributed by atoms with Gasteiger partial charge in [-0.15, -0.1) is 11.3 Å². The van der Waals surface area contributed by atoms with Crippen LogP contribution in [0.25, 0.3) is 10.1 Å². The zero-order chi connectivity index (χ0) is 18.7. The summed E-state index contributed by atoms with van der Waals surface area (Å²) in [4.78, 5) is 24.6. The van der Waals surface area contributed by atoms with Crippen LogP contribution in [0.2, 0.25) is 10.0 Å². The zero-order valence-corrected chi connectivity index (χ0v) is 16.1. The van der Waals surface area contributed by atoms with Crippen LogP contribution in [0, 0.1) is 0 Å². The molecule has 3 rings (SSSR count). The van der Waals surface area contributed by atoms with Crippen molar-refractivity contribution in [3.8, 4) is 0 Å². The molecule has 1 amide bonds. The summed E-state index contributed by atoms with van der Waals surface area (Å²) in [5.74, 6) is -0.872. The van der Waals surface area contributed by atoms with Gasteiger partial charge >= 0.3 is 5.97 Å². The number of ether oxygens (including phenoxy) is 1. The highest BCUT2D eigenvalue weighted by Crippen LogP contribution is 2.29. The molecule has 0 saturated carbocycles. The molecule has 0 spiro atoms. The quantitative estimate of drug-likeness (QED) is 0.622. The van der Waals surface area contributed by atoms with E-state index in [9.17, 15) is 9.59 Å². The Morgan fingerprint density at radius 2 is 1.81 bits per heavy atom. The molecule has 0 unspecified atom stereocenters. The number of nitrogens with one attached hydrogen (secondary N) is 1. The molecule has 0 saturated heterocycles. The number of hydrogen-bond donors (Lipinski definition) is 1. The van der Waals surface area contributed by atoms with Crippen molar-refractivity contribution in [2.45, 2.75) is 12.5 Å². The number of amides is 1. The fourth-order valence-corrected chi connectivity index (χ4v) is 3.86. The van der Waals surface area contributed by atoms with Gasteiger partial charge in [0.2, 0.25) is 0 Å². The molecule has 0 aliphatic heterocycles. The van der Waals surface area contributed by atoms with Gasteiger partial charge in [-0.2, -0.15) is 0 Å². The number of hydrogen-bond acceptors (Lipinski definition) is 4. The maximum Gasteiger partial charge on any atom is 0.328 e. The fourth-order valence-electron chi connectivity index (χ4n) is 2.61. The van der Waals surface area contributed by atoms with Gasteiger partial charge in [0.15, 0.2) is 0 Å². The van der Waals surface area contributed by atoms with Gasteiger partial charge in [0.1, 0.15) is 6.04 Å². The monoisotopic (exact) mass is 407 g/mol. The second kappa shape index (κ2) is 8.08. The van der Waals surface area contributed by atoms with Gasteiger partial charge in [-0.25, -0.2) is 4.79 Å². The van der Waals surface area contributed by atoms with Crippen LogP contribution in [0.1, 0.15) is 15.9 Å². The summed E-state index contributed by atoms with van der Waals surface area (Å²) >= 11 is 13.5. The minimum atomic E-state index is -0.806. The van der Waals surface area contributed by atoms with E-state index in [-0.39, 0.29) is 5.91 Å². The molecule has 1 aromatic heterocycles.